The summed E-state index contributed by atoms with van der Waals surface area (Å²) in [5.74, 6) is 9.76. The summed E-state index contributed by atoms with van der Waals surface area (Å²) in [6.07, 6.45) is 12.3. The molecule has 0 spiro atoms. The molecule has 1 saturated heterocycles. The molecule has 1 saturated carbocycles. The maximum absolute atomic E-state index is 3.45. The van der Waals surface area contributed by atoms with Crippen LogP contribution in [0.1, 0.15) is 134 Å². The fraction of sp³-hybridized carbons (Fsp3) is 0.941. The molecule has 1 aliphatic carbocycles. The molecule has 212 valence electrons. The lowest BCUT2D eigenvalue weighted by molar-refractivity contribution is 0.0624. The van der Waals surface area contributed by atoms with E-state index in [2.05, 4.69) is 105 Å². The molecule has 0 N–H and O–H groups in total. The molecule has 0 aromatic carbocycles. The summed E-state index contributed by atoms with van der Waals surface area (Å²) in [6.45, 7) is 29.4. The van der Waals surface area contributed by atoms with Gasteiger partial charge in [-0.25, -0.2) is 0 Å². The van der Waals surface area contributed by atoms with E-state index in [0.717, 1.165) is 17.9 Å². The van der Waals surface area contributed by atoms with E-state index < -0.39 is 0 Å². The van der Waals surface area contributed by atoms with Crippen LogP contribution < -0.4 is 0 Å². The zero-order valence-corrected chi connectivity index (χ0v) is 26.8. The predicted octanol–water partition coefficient (Wildman–Crippen LogP) is 9.14. The van der Waals surface area contributed by atoms with Gasteiger partial charge >= 0.3 is 0 Å². The van der Waals surface area contributed by atoms with Crippen LogP contribution in [0, 0.1) is 46.3 Å². The molecule has 2 heteroatoms. The van der Waals surface area contributed by atoms with Gasteiger partial charge in [0.15, 0.2) is 0 Å². The molecule has 1 unspecified atom stereocenters. The van der Waals surface area contributed by atoms with Crippen LogP contribution >= 0.6 is 0 Å². The fourth-order valence-corrected chi connectivity index (χ4v) is 6.23. The minimum atomic E-state index is 0.530. The van der Waals surface area contributed by atoms with Crippen molar-refractivity contribution < 1.29 is 0 Å². The number of hydrogen-bond donors (Lipinski definition) is 0. The first kappa shape index (κ1) is 33.5. The number of nitrogens with zero attached hydrogens (tertiary/aromatic N) is 2. The molecule has 1 heterocycles. The Hall–Kier alpha value is -0.520. The Morgan fingerprint density at radius 1 is 0.917 bits per heavy atom. The second kappa shape index (κ2) is 15.8. The van der Waals surface area contributed by atoms with Crippen molar-refractivity contribution in [2.45, 2.75) is 146 Å². The number of rotatable bonds is 11. The summed E-state index contributed by atoms with van der Waals surface area (Å²) in [4.78, 5) is 5.13. The van der Waals surface area contributed by atoms with Gasteiger partial charge in [0.25, 0.3) is 0 Å². The molecule has 0 aromatic heterocycles. The summed E-state index contributed by atoms with van der Waals surface area (Å²) in [7, 11) is 2.26. The quantitative estimate of drug-likeness (QED) is 0.260. The van der Waals surface area contributed by atoms with Gasteiger partial charge in [-0.2, -0.15) is 0 Å². The third-order valence-electron chi connectivity index (χ3n) is 9.86. The lowest BCUT2D eigenvalue weighted by Gasteiger charge is -2.44. The molecule has 1 atom stereocenters. The van der Waals surface area contributed by atoms with Crippen LogP contribution in [0.2, 0.25) is 0 Å². The van der Waals surface area contributed by atoms with E-state index in [9.17, 15) is 0 Å². The smallest absolute Gasteiger partial charge is 0.0213 e. The number of piperidine rings is 1. The van der Waals surface area contributed by atoms with Gasteiger partial charge in [0.2, 0.25) is 0 Å². The van der Waals surface area contributed by atoms with Crippen LogP contribution in [0.5, 0.6) is 0 Å². The molecule has 2 fully saturated rings. The van der Waals surface area contributed by atoms with Gasteiger partial charge in [0.05, 0.1) is 0 Å². The van der Waals surface area contributed by atoms with Gasteiger partial charge in [-0.05, 0) is 122 Å². The Labute approximate surface area is 228 Å². The molecule has 0 radical (unpaired) electrons. The third-order valence-corrected chi connectivity index (χ3v) is 9.86. The SMILES string of the molecule is CCC(CCC1(C)CC(C#CC(C)C)C1)C(C)C.CCC1(CCN(C)C(C)C)CCN(C(C)C)CC1. The highest BCUT2D eigenvalue weighted by atomic mass is 15.2. The number of hydrogen-bond acceptors (Lipinski definition) is 2. The second-order valence-electron chi connectivity index (χ2n) is 14.1. The summed E-state index contributed by atoms with van der Waals surface area (Å²) in [5.41, 5.74) is 1.22. The molecule has 2 nitrogen and oxygen atoms in total. The van der Waals surface area contributed by atoms with Crippen molar-refractivity contribution in [2.24, 2.45) is 34.5 Å². The molecule has 0 aromatic rings. The maximum Gasteiger partial charge on any atom is 0.0213 e. The Bertz CT molecular complexity index is 636. The van der Waals surface area contributed by atoms with Gasteiger partial charge in [0, 0.05) is 23.9 Å². The van der Waals surface area contributed by atoms with Crippen LogP contribution in [0.4, 0.5) is 0 Å². The standard InChI is InChI=1S/C18H32.C16H34N2/c1-7-17(15(4)5)10-11-18(6)12-16(13-18)9-8-14(2)3;1-7-16(8-11-17(6)14(2)3)9-12-18(13-10-16)15(4)5/h14-17H,7,10-13H2,1-6H3;14-15H,7-13H2,1-6H3. The Morgan fingerprint density at radius 3 is 1.92 bits per heavy atom. The van der Waals surface area contributed by atoms with Gasteiger partial charge in [-0.3, -0.25) is 0 Å². The van der Waals surface area contributed by atoms with Gasteiger partial charge < -0.3 is 9.80 Å². The van der Waals surface area contributed by atoms with Crippen molar-refractivity contribution in [1.29, 1.82) is 0 Å². The van der Waals surface area contributed by atoms with Crippen molar-refractivity contribution in [1.82, 2.24) is 9.80 Å². The van der Waals surface area contributed by atoms with Crippen LogP contribution in [0.25, 0.3) is 0 Å². The van der Waals surface area contributed by atoms with E-state index in [1.165, 1.54) is 77.4 Å². The Kier molecular flexibility index (Phi) is 14.7. The average Bonchev–Trinajstić information content (AvgIpc) is 2.80. The van der Waals surface area contributed by atoms with Gasteiger partial charge in [-0.15, -0.1) is 5.92 Å². The van der Waals surface area contributed by atoms with Crippen LogP contribution in [-0.4, -0.2) is 48.6 Å². The van der Waals surface area contributed by atoms with Crippen LogP contribution in [-0.2, 0) is 0 Å². The predicted molar refractivity (Wildman–Crippen MR) is 162 cm³/mol. The van der Waals surface area contributed by atoms with Gasteiger partial charge in [0.1, 0.15) is 0 Å². The first-order chi connectivity index (χ1) is 16.8. The molecular weight excluding hydrogens is 436 g/mol. The monoisotopic (exact) mass is 503 g/mol. The molecular formula is C34H66N2. The lowest BCUT2D eigenvalue weighted by atomic mass is 9.60. The van der Waals surface area contributed by atoms with Gasteiger partial charge in [-0.1, -0.05) is 67.2 Å². The molecule has 2 aliphatic rings. The highest BCUT2D eigenvalue weighted by molar-refractivity contribution is 5.12. The van der Waals surface area contributed by atoms with E-state index in [1.807, 2.05) is 0 Å². The largest absolute Gasteiger partial charge is 0.304 e. The lowest BCUT2D eigenvalue weighted by Crippen LogP contribution is -2.44. The maximum atomic E-state index is 3.45. The number of likely N-dealkylation sites (tertiary alicyclic amines) is 1. The zero-order chi connectivity index (χ0) is 27.5. The molecule has 2 rings (SSSR count). The first-order valence-corrected chi connectivity index (χ1v) is 15.7. The Balaban J connectivity index is 0.000000360. The fourth-order valence-electron chi connectivity index (χ4n) is 6.23. The summed E-state index contributed by atoms with van der Waals surface area (Å²) in [5, 5.41) is 0. The summed E-state index contributed by atoms with van der Waals surface area (Å²) in [6, 6.07) is 1.40. The minimum Gasteiger partial charge on any atom is -0.304 e. The summed E-state index contributed by atoms with van der Waals surface area (Å²) >= 11 is 0. The van der Waals surface area contributed by atoms with Crippen LogP contribution in [0.3, 0.4) is 0 Å². The van der Waals surface area contributed by atoms with Crippen molar-refractivity contribution in [3.8, 4) is 11.8 Å². The van der Waals surface area contributed by atoms with Crippen molar-refractivity contribution in [2.75, 3.05) is 26.7 Å². The van der Waals surface area contributed by atoms with E-state index in [4.69, 9.17) is 0 Å². The Morgan fingerprint density at radius 2 is 1.50 bits per heavy atom. The molecule has 0 bridgehead atoms. The summed E-state index contributed by atoms with van der Waals surface area (Å²) < 4.78 is 0. The van der Waals surface area contributed by atoms with Crippen LogP contribution in [0.15, 0.2) is 0 Å². The highest BCUT2D eigenvalue weighted by Gasteiger charge is 2.39. The topological polar surface area (TPSA) is 6.48 Å². The second-order valence-corrected chi connectivity index (χ2v) is 14.1. The average molecular weight is 503 g/mol. The zero-order valence-electron chi connectivity index (χ0n) is 26.8. The third kappa shape index (κ3) is 11.5. The normalized spacial score (nSPS) is 25.0. The van der Waals surface area contributed by atoms with E-state index >= 15 is 0 Å². The molecule has 1 aliphatic heterocycles. The minimum absolute atomic E-state index is 0.530. The van der Waals surface area contributed by atoms with Crippen molar-refractivity contribution in [3.63, 3.8) is 0 Å². The molecule has 0 amide bonds. The van der Waals surface area contributed by atoms with E-state index in [0.29, 0.717) is 28.7 Å². The van der Waals surface area contributed by atoms with Crippen molar-refractivity contribution >= 4 is 0 Å². The van der Waals surface area contributed by atoms with Crippen molar-refractivity contribution in [3.05, 3.63) is 0 Å². The first-order valence-electron chi connectivity index (χ1n) is 15.7. The van der Waals surface area contributed by atoms with E-state index in [-0.39, 0.29) is 0 Å². The molecule has 36 heavy (non-hydrogen) atoms. The highest BCUT2D eigenvalue weighted by Crippen LogP contribution is 2.49. The van der Waals surface area contributed by atoms with E-state index in [1.54, 1.807) is 0 Å².